The average Bonchev–Trinajstić information content (AvgIpc) is 2.65. The third kappa shape index (κ3) is 2.48. The molecule has 0 aliphatic heterocycles. The second kappa shape index (κ2) is 4.62. The van der Waals surface area contributed by atoms with Gasteiger partial charge in [0, 0.05) is 18.8 Å². The predicted octanol–water partition coefficient (Wildman–Crippen LogP) is 2.14. The number of anilines is 1. The summed E-state index contributed by atoms with van der Waals surface area (Å²) in [7, 11) is 0. The number of hydrogen-bond acceptors (Lipinski definition) is 3. The van der Waals surface area contributed by atoms with Gasteiger partial charge in [0.25, 0.3) is 0 Å². The summed E-state index contributed by atoms with van der Waals surface area (Å²) in [6, 6.07) is 2.59. The Morgan fingerprint density at radius 2 is 2.40 bits per heavy atom. The van der Waals surface area contributed by atoms with Crippen molar-refractivity contribution in [3.8, 4) is 0 Å². The monoisotopic (exact) mass is 205 g/mol. The molecule has 15 heavy (non-hydrogen) atoms. The van der Waals surface area contributed by atoms with Gasteiger partial charge in [-0.1, -0.05) is 6.92 Å². The van der Waals surface area contributed by atoms with Crippen LogP contribution in [-0.2, 0) is 6.54 Å². The van der Waals surface area contributed by atoms with Gasteiger partial charge in [0.1, 0.15) is 0 Å². The van der Waals surface area contributed by atoms with Gasteiger partial charge in [0.05, 0.1) is 11.9 Å². The zero-order chi connectivity index (χ0) is 10.7. The Labute approximate surface area is 91.1 Å². The van der Waals surface area contributed by atoms with E-state index in [1.54, 1.807) is 6.20 Å². The Balaban J connectivity index is 2.04. The van der Waals surface area contributed by atoms with Gasteiger partial charge in [0.2, 0.25) is 0 Å². The van der Waals surface area contributed by atoms with Crippen LogP contribution in [0.25, 0.3) is 0 Å². The standard InChI is InChI=1S/C12H19N3/c1-9-2-3-11(6-9)15-12-8-14-5-4-10(12)7-13/h4-5,8-9,11,15H,2-3,6-7,13H2,1H3. The quantitative estimate of drug-likeness (QED) is 0.795. The molecule has 0 saturated heterocycles. The topological polar surface area (TPSA) is 50.9 Å². The van der Waals surface area contributed by atoms with Gasteiger partial charge in [-0.3, -0.25) is 4.98 Å². The third-order valence-corrected chi connectivity index (χ3v) is 3.19. The van der Waals surface area contributed by atoms with E-state index in [0.29, 0.717) is 12.6 Å². The van der Waals surface area contributed by atoms with Gasteiger partial charge in [-0.2, -0.15) is 0 Å². The molecule has 2 unspecified atom stereocenters. The molecule has 1 heterocycles. The Morgan fingerprint density at radius 3 is 3.07 bits per heavy atom. The fourth-order valence-corrected chi connectivity index (χ4v) is 2.29. The number of nitrogens with zero attached hydrogens (tertiary/aromatic N) is 1. The fraction of sp³-hybridized carbons (Fsp3) is 0.583. The molecule has 3 nitrogen and oxygen atoms in total. The van der Waals surface area contributed by atoms with Crippen LogP contribution in [0.15, 0.2) is 18.5 Å². The van der Waals surface area contributed by atoms with Crippen molar-refractivity contribution in [3.63, 3.8) is 0 Å². The van der Waals surface area contributed by atoms with Crippen molar-refractivity contribution in [2.45, 2.75) is 38.8 Å². The van der Waals surface area contributed by atoms with Crippen LogP contribution < -0.4 is 11.1 Å². The molecule has 0 radical (unpaired) electrons. The zero-order valence-corrected chi connectivity index (χ0v) is 9.24. The molecule has 0 bridgehead atoms. The van der Waals surface area contributed by atoms with Crippen molar-refractivity contribution in [1.82, 2.24) is 4.98 Å². The lowest BCUT2D eigenvalue weighted by atomic mass is 10.1. The first kappa shape index (κ1) is 10.4. The van der Waals surface area contributed by atoms with Crippen LogP contribution in [-0.4, -0.2) is 11.0 Å². The highest BCUT2D eigenvalue weighted by atomic mass is 14.9. The molecular weight excluding hydrogens is 186 g/mol. The number of nitrogens with two attached hydrogens (primary N) is 1. The molecule has 0 spiro atoms. The minimum absolute atomic E-state index is 0.577. The van der Waals surface area contributed by atoms with E-state index in [1.165, 1.54) is 19.3 Å². The van der Waals surface area contributed by atoms with Crippen LogP contribution in [0, 0.1) is 5.92 Å². The molecule has 3 heteroatoms. The Bertz CT molecular complexity index is 324. The Morgan fingerprint density at radius 1 is 1.53 bits per heavy atom. The number of rotatable bonds is 3. The van der Waals surface area contributed by atoms with E-state index in [9.17, 15) is 0 Å². The molecule has 2 atom stereocenters. The van der Waals surface area contributed by atoms with Crippen molar-refractivity contribution in [2.24, 2.45) is 11.7 Å². The highest BCUT2D eigenvalue weighted by Gasteiger charge is 2.21. The van der Waals surface area contributed by atoms with Crippen LogP contribution in [0.2, 0.25) is 0 Å². The predicted molar refractivity (Wildman–Crippen MR) is 62.6 cm³/mol. The summed E-state index contributed by atoms with van der Waals surface area (Å²) in [5.41, 5.74) is 7.95. The average molecular weight is 205 g/mol. The third-order valence-electron chi connectivity index (χ3n) is 3.19. The molecule has 1 aromatic heterocycles. The maximum atomic E-state index is 5.68. The maximum Gasteiger partial charge on any atom is 0.0574 e. The van der Waals surface area contributed by atoms with Crippen molar-refractivity contribution < 1.29 is 0 Å². The van der Waals surface area contributed by atoms with E-state index in [1.807, 2.05) is 12.3 Å². The lowest BCUT2D eigenvalue weighted by molar-refractivity contribution is 0.602. The molecule has 1 saturated carbocycles. The van der Waals surface area contributed by atoms with Crippen LogP contribution in [0.4, 0.5) is 5.69 Å². The van der Waals surface area contributed by atoms with E-state index < -0.39 is 0 Å². The van der Waals surface area contributed by atoms with Crippen molar-refractivity contribution in [2.75, 3.05) is 5.32 Å². The lowest BCUT2D eigenvalue weighted by Gasteiger charge is -2.16. The second-order valence-electron chi connectivity index (χ2n) is 4.50. The van der Waals surface area contributed by atoms with E-state index in [-0.39, 0.29) is 0 Å². The summed E-state index contributed by atoms with van der Waals surface area (Å²) in [5.74, 6) is 0.848. The zero-order valence-electron chi connectivity index (χ0n) is 9.24. The normalized spacial score (nSPS) is 25.5. The second-order valence-corrected chi connectivity index (χ2v) is 4.50. The van der Waals surface area contributed by atoms with Gasteiger partial charge in [0.15, 0.2) is 0 Å². The van der Waals surface area contributed by atoms with E-state index in [4.69, 9.17) is 5.73 Å². The Kier molecular flexibility index (Phi) is 3.21. The van der Waals surface area contributed by atoms with Crippen molar-refractivity contribution >= 4 is 5.69 Å². The van der Waals surface area contributed by atoms with E-state index in [0.717, 1.165) is 17.2 Å². The fourth-order valence-electron chi connectivity index (χ4n) is 2.29. The van der Waals surface area contributed by atoms with Gasteiger partial charge in [-0.05, 0) is 36.8 Å². The van der Waals surface area contributed by atoms with Crippen LogP contribution in [0.5, 0.6) is 0 Å². The largest absolute Gasteiger partial charge is 0.381 e. The smallest absolute Gasteiger partial charge is 0.0574 e. The highest BCUT2D eigenvalue weighted by Crippen LogP contribution is 2.28. The van der Waals surface area contributed by atoms with E-state index >= 15 is 0 Å². The molecule has 1 aliphatic rings. The van der Waals surface area contributed by atoms with Crippen molar-refractivity contribution in [1.29, 1.82) is 0 Å². The molecule has 1 aliphatic carbocycles. The molecule has 0 aromatic carbocycles. The number of hydrogen-bond donors (Lipinski definition) is 2. The van der Waals surface area contributed by atoms with E-state index in [2.05, 4.69) is 17.2 Å². The molecular formula is C12H19N3. The Hall–Kier alpha value is -1.09. The summed E-state index contributed by atoms with van der Waals surface area (Å²) in [6.07, 6.45) is 7.53. The molecule has 82 valence electrons. The van der Waals surface area contributed by atoms with Gasteiger partial charge in [-0.25, -0.2) is 0 Å². The summed E-state index contributed by atoms with van der Waals surface area (Å²) in [5, 5.41) is 3.55. The number of nitrogens with one attached hydrogen (secondary N) is 1. The minimum Gasteiger partial charge on any atom is -0.381 e. The summed E-state index contributed by atoms with van der Waals surface area (Å²) in [6.45, 7) is 2.89. The first-order chi connectivity index (χ1) is 7.29. The SMILES string of the molecule is CC1CCC(Nc2cnccc2CN)C1. The van der Waals surface area contributed by atoms with Gasteiger partial charge >= 0.3 is 0 Å². The number of aromatic nitrogens is 1. The maximum absolute atomic E-state index is 5.68. The summed E-state index contributed by atoms with van der Waals surface area (Å²) in [4.78, 5) is 4.14. The molecule has 2 rings (SSSR count). The summed E-state index contributed by atoms with van der Waals surface area (Å²) < 4.78 is 0. The van der Waals surface area contributed by atoms with Crippen LogP contribution in [0.1, 0.15) is 31.7 Å². The first-order valence-electron chi connectivity index (χ1n) is 5.69. The lowest BCUT2D eigenvalue weighted by Crippen LogP contribution is -2.17. The van der Waals surface area contributed by atoms with Gasteiger partial charge in [-0.15, -0.1) is 0 Å². The minimum atomic E-state index is 0.577. The highest BCUT2D eigenvalue weighted by molar-refractivity contribution is 5.49. The van der Waals surface area contributed by atoms with Crippen molar-refractivity contribution in [3.05, 3.63) is 24.0 Å². The molecule has 3 N–H and O–H groups in total. The number of pyridine rings is 1. The molecule has 1 aromatic rings. The van der Waals surface area contributed by atoms with Gasteiger partial charge < -0.3 is 11.1 Å². The van der Waals surface area contributed by atoms with Crippen LogP contribution in [0.3, 0.4) is 0 Å². The molecule has 0 amide bonds. The molecule has 1 fully saturated rings. The first-order valence-corrected chi connectivity index (χ1v) is 5.69. The summed E-state index contributed by atoms with van der Waals surface area (Å²) >= 11 is 0. The van der Waals surface area contributed by atoms with Crippen LogP contribution >= 0.6 is 0 Å².